The second-order valence-corrected chi connectivity index (χ2v) is 6.99. The van der Waals surface area contributed by atoms with Crippen LogP contribution in [0.5, 0.6) is 5.75 Å². The van der Waals surface area contributed by atoms with Crippen LogP contribution in [0.15, 0.2) is 34.7 Å². The van der Waals surface area contributed by atoms with Gasteiger partial charge in [0.25, 0.3) is 0 Å². The zero-order chi connectivity index (χ0) is 17.4. The Hall–Kier alpha value is -2.21. The van der Waals surface area contributed by atoms with E-state index in [-0.39, 0.29) is 12.3 Å². The van der Waals surface area contributed by atoms with E-state index in [0.29, 0.717) is 5.92 Å². The minimum Gasteiger partial charge on any atom is -0.494 e. The van der Waals surface area contributed by atoms with Gasteiger partial charge in [-0.3, -0.25) is 4.79 Å². The molecular weight excluding hydrogens is 322 g/mol. The Morgan fingerprint density at radius 2 is 2.12 bits per heavy atom. The lowest BCUT2D eigenvalue weighted by molar-refractivity contribution is -0.120. The molecule has 1 amide bonds. The highest BCUT2D eigenvalue weighted by molar-refractivity contribution is 7.09. The maximum atomic E-state index is 11.8. The molecule has 0 saturated carbocycles. The van der Waals surface area contributed by atoms with Crippen molar-refractivity contribution >= 4 is 23.5 Å². The monoisotopic (exact) mass is 345 g/mol. The fourth-order valence-electron chi connectivity index (χ4n) is 1.93. The Morgan fingerprint density at radius 1 is 1.38 bits per heavy atom. The van der Waals surface area contributed by atoms with Crippen molar-refractivity contribution in [2.75, 3.05) is 6.61 Å². The second-order valence-electron chi connectivity index (χ2n) is 5.93. The number of aryl methyl sites for hydroxylation is 1. The van der Waals surface area contributed by atoms with E-state index >= 15 is 0 Å². The summed E-state index contributed by atoms with van der Waals surface area (Å²) in [7, 11) is 0. The minimum atomic E-state index is -0.176. The number of benzene rings is 1. The molecular formula is C18H23N3O2S. The van der Waals surface area contributed by atoms with Gasteiger partial charge in [0, 0.05) is 5.38 Å². The Bertz CT molecular complexity index is 678. The molecule has 2 aromatic rings. The molecule has 0 unspecified atom stereocenters. The molecule has 0 atom stereocenters. The van der Waals surface area contributed by atoms with Crippen LogP contribution in [0.3, 0.4) is 0 Å². The number of amides is 1. The van der Waals surface area contributed by atoms with Gasteiger partial charge in [0.2, 0.25) is 5.91 Å². The van der Waals surface area contributed by atoms with E-state index in [1.807, 2.05) is 36.6 Å². The summed E-state index contributed by atoms with van der Waals surface area (Å²) in [6.45, 7) is 6.98. The Balaban J connectivity index is 1.76. The fraction of sp³-hybridized carbons (Fsp3) is 0.389. The first kappa shape index (κ1) is 18.1. The molecule has 0 saturated heterocycles. The summed E-state index contributed by atoms with van der Waals surface area (Å²) in [6.07, 6.45) is 2.89. The van der Waals surface area contributed by atoms with Crippen molar-refractivity contribution in [2.24, 2.45) is 11.0 Å². The number of carbonyl (C=O) groups excluding carboxylic acids is 1. The van der Waals surface area contributed by atoms with Crippen molar-refractivity contribution < 1.29 is 9.53 Å². The molecule has 0 fully saturated rings. The van der Waals surface area contributed by atoms with Gasteiger partial charge in [-0.15, -0.1) is 11.3 Å². The van der Waals surface area contributed by atoms with Crippen LogP contribution in [0.1, 0.15) is 36.5 Å². The summed E-state index contributed by atoms with van der Waals surface area (Å²) in [6, 6.07) is 7.62. The summed E-state index contributed by atoms with van der Waals surface area (Å²) in [5.41, 5.74) is 4.18. The number of rotatable bonds is 8. The molecule has 0 aliphatic heterocycles. The SMILES string of the molecule is Cc1nc(CC(=O)N/N=C\c2ccc(OCCC(C)C)cc2)cs1. The first-order valence-corrected chi connectivity index (χ1v) is 8.86. The van der Waals surface area contributed by atoms with Crippen molar-refractivity contribution in [1.29, 1.82) is 0 Å². The molecule has 1 N–H and O–H groups in total. The van der Waals surface area contributed by atoms with Crippen LogP contribution in [-0.2, 0) is 11.2 Å². The van der Waals surface area contributed by atoms with Gasteiger partial charge in [0.05, 0.1) is 29.9 Å². The maximum absolute atomic E-state index is 11.8. The van der Waals surface area contributed by atoms with Crippen molar-refractivity contribution in [1.82, 2.24) is 10.4 Å². The van der Waals surface area contributed by atoms with Gasteiger partial charge in [-0.2, -0.15) is 5.10 Å². The molecule has 1 aromatic heterocycles. The van der Waals surface area contributed by atoms with Crippen LogP contribution in [-0.4, -0.2) is 23.7 Å². The van der Waals surface area contributed by atoms with Gasteiger partial charge in [-0.1, -0.05) is 13.8 Å². The number of carbonyl (C=O) groups is 1. The number of ether oxygens (including phenoxy) is 1. The maximum Gasteiger partial charge on any atom is 0.246 e. The lowest BCUT2D eigenvalue weighted by Gasteiger charge is -2.07. The molecule has 0 bridgehead atoms. The number of hydrogen-bond acceptors (Lipinski definition) is 5. The second kappa shape index (κ2) is 9.17. The van der Waals surface area contributed by atoms with Crippen molar-refractivity contribution in [2.45, 2.75) is 33.6 Å². The molecule has 2 rings (SSSR count). The topological polar surface area (TPSA) is 63.6 Å². The summed E-state index contributed by atoms with van der Waals surface area (Å²) in [5, 5.41) is 6.81. The molecule has 1 heterocycles. The van der Waals surface area contributed by atoms with Crippen LogP contribution >= 0.6 is 11.3 Å². The molecule has 6 heteroatoms. The molecule has 0 aliphatic rings. The highest BCUT2D eigenvalue weighted by atomic mass is 32.1. The normalized spacial score (nSPS) is 11.2. The first-order valence-electron chi connectivity index (χ1n) is 7.98. The number of aromatic nitrogens is 1. The van der Waals surface area contributed by atoms with Crippen LogP contribution < -0.4 is 10.2 Å². The quantitative estimate of drug-likeness (QED) is 0.587. The van der Waals surface area contributed by atoms with Crippen LogP contribution in [0, 0.1) is 12.8 Å². The Morgan fingerprint density at radius 3 is 2.75 bits per heavy atom. The fourth-order valence-corrected chi connectivity index (χ4v) is 2.55. The van der Waals surface area contributed by atoms with Crippen LogP contribution in [0.2, 0.25) is 0 Å². The molecule has 0 radical (unpaired) electrons. The van der Waals surface area contributed by atoms with Crippen LogP contribution in [0.25, 0.3) is 0 Å². The van der Waals surface area contributed by atoms with Gasteiger partial charge in [0.15, 0.2) is 0 Å². The van der Waals surface area contributed by atoms with Gasteiger partial charge < -0.3 is 4.74 Å². The molecule has 0 aliphatic carbocycles. The van der Waals surface area contributed by atoms with Gasteiger partial charge in [-0.25, -0.2) is 10.4 Å². The standard InChI is InChI=1S/C18H23N3O2S/c1-13(2)8-9-23-17-6-4-15(5-7-17)11-19-21-18(22)10-16-12-24-14(3)20-16/h4-7,11-13H,8-10H2,1-3H3,(H,21,22)/b19-11-. The van der Waals surface area contributed by atoms with E-state index in [1.165, 1.54) is 11.3 Å². The van der Waals surface area contributed by atoms with E-state index in [1.54, 1.807) is 6.21 Å². The highest BCUT2D eigenvalue weighted by Crippen LogP contribution is 2.12. The lowest BCUT2D eigenvalue weighted by atomic mass is 10.1. The summed E-state index contributed by atoms with van der Waals surface area (Å²) in [4.78, 5) is 16.0. The predicted octanol–water partition coefficient (Wildman–Crippen LogP) is 3.57. The van der Waals surface area contributed by atoms with E-state index in [4.69, 9.17) is 4.74 Å². The molecule has 5 nitrogen and oxygen atoms in total. The van der Waals surface area contributed by atoms with Crippen LogP contribution in [0.4, 0.5) is 0 Å². The van der Waals surface area contributed by atoms with E-state index in [2.05, 4.69) is 29.4 Å². The number of nitrogens with zero attached hydrogens (tertiary/aromatic N) is 2. The number of hydrogen-bond donors (Lipinski definition) is 1. The van der Waals surface area contributed by atoms with E-state index < -0.39 is 0 Å². The minimum absolute atomic E-state index is 0.176. The molecule has 1 aromatic carbocycles. The molecule has 0 spiro atoms. The predicted molar refractivity (Wildman–Crippen MR) is 97.7 cm³/mol. The van der Waals surface area contributed by atoms with E-state index in [0.717, 1.165) is 35.0 Å². The average Bonchev–Trinajstić information content (AvgIpc) is 2.93. The number of thiazole rings is 1. The van der Waals surface area contributed by atoms with Crippen molar-refractivity contribution in [3.05, 3.63) is 45.9 Å². The lowest BCUT2D eigenvalue weighted by Crippen LogP contribution is -2.19. The zero-order valence-electron chi connectivity index (χ0n) is 14.3. The number of nitrogens with one attached hydrogen (secondary N) is 1. The Labute approximate surface area is 146 Å². The highest BCUT2D eigenvalue weighted by Gasteiger charge is 2.05. The summed E-state index contributed by atoms with van der Waals surface area (Å²) in [5.74, 6) is 1.30. The average molecular weight is 345 g/mol. The Kier molecular flexibility index (Phi) is 6.93. The summed E-state index contributed by atoms with van der Waals surface area (Å²) >= 11 is 1.53. The van der Waals surface area contributed by atoms with Gasteiger partial charge in [0.1, 0.15) is 5.75 Å². The third-order valence-electron chi connectivity index (χ3n) is 3.26. The molecule has 128 valence electrons. The van der Waals surface area contributed by atoms with Gasteiger partial charge >= 0.3 is 0 Å². The third-order valence-corrected chi connectivity index (χ3v) is 4.08. The summed E-state index contributed by atoms with van der Waals surface area (Å²) < 4.78 is 5.66. The van der Waals surface area contributed by atoms with Crippen molar-refractivity contribution in [3.8, 4) is 5.75 Å². The zero-order valence-corrected chi connectivity index (χ0v) is 15.1. The number of hydrazone groups is 1. The smallest absolute Gasteiger partial charge is 0.246 e. The third kappa shape index (κ3) is 6.50. The van der Waals surface area contributed by atoms with E-state index in [9.17, 15) is 4.79 Å². The molecule has 24 heavy (non-hydrogen) atoms. The largest absolute Gasteiger partial charge is 0.494 e. The van der Waals surface area contributed by atoms with Crippen molar-refractivity contribution in [3.63, 3.8) is 0 Å². The van der Waals surface area contributed by atoms with Gasteiger partial charge in [-0.05, 0) is 49.1 Å². The first-order chi connectivity index (χ1) is 11.5.